The Morgan fingerprint density at radius 1 is 1.38 bits per heavy atom. The number of benzene rings is 1. The summed E-state index contributed by atoms with van der Waals surface area (Å²) in [7, 11) is 0. The van der Waals surface area contributed by atoms with Crippen LogP contribution in [-0.4, -0.2) is 6.54 Å². The average molecular weight is 314 g/mol. The van der Waals surface area contributed by atoms with Gasteiger partial charge in [0.15, 0.2) is 0 Å². The Kier molecular flexibility index (Phi) is 4.46. The Labute approximate surface area is 112 Å². The molecular weight excluding hydrogens is 302 g/mol. The van der Waals surface area contributed by atoms with Crippen LogP contribution in [0.5, 0.6) is 0 Å². The van der Waals surface area contributed by atoms with Crippen LogP contribution in [0.2, 0.25) is 0 Å². The molecule has 0 radical (unpaired) electrons. The molecule has 0 saturated heterocycles. The van der Waals surface area contributed by atoms with Crippen LogP contribution in [0.4, 0.5) is 0 Å². The van der Waals surface area contributed by atoms with Crippen molar-refractivity contribution in [3.63, 3.8) is 0 Å². The van der Waals surface area contributed by atoms with Crippen LogP contribution in [0.25, 0.3) is 0 Å². The summed E-state index contributed by atoms with van der Waals surface area (Å²) in [6.45, 7) is 0.661. The third kappa shape index (κ3) is 3.10. The minimum atomic E-state index is 0.348. The van der Waals surface area contributed by atoms with Crippen LogP contribution in [0.1, 0.15) is 10.8 Å². The number of rotatable bonds is 4. The lowest BCUT2D eigenvalue weighted by atomic mass is 10.2. The average Bonchev–Trinajstić information content (AvgIpc) is 2.79. The number of thioether (sulfide) groups is 1. The Balaban J connectivity index is 2.13. The molecule has 2 N–H and O–H groups in total. The summed E-state index contributed by atoms with van der Waals surface area (Å²) in [5.41, 5.74) is 7.14. The van der Waals surface area contributed by atoms with E-state index in [9.17, 15) is 0 Å². The van der Waals surface area contributed by atoms with Gasteiger partial charge in [-0.15, -0.1) is 11.8 Å². The third-order valence-corrected chi connectivity index (χ3v) is 4.67. The van der Waals surface area contributed by atoms with E-state index in [1.807, 2.05) is 23.9 Å². The molecule has 1 aromatic heterocycles. The smallest absolute Gasteiger partial charge is 0.0475 e. The molecule has 2 aromatic rings. The molecule has 84 valence electrons. The molecule has 0 amide bonds. The molecule has 0 spiro atoms. The van der Waals surface area contributed by atoms with Gasteiger partial charge in [0, 0.05) is 21.2 Å². The molecule has 0 aliphatic heterocycles. The molecule has 4 heteroatoms. The highest BCUT2D eigenvalue weighted by atomic mass is 79.9. The van der Waals surface area contributed by atoms with Gasteiger partial charge in [-0.3, -0.25) is 0 Å². The van der Waals surface area contributed by atoms with Gasteiger partial charge in [-0.05, 0) is 40.6 Å². The van der Waals surface area contributed by atoms with Crippen LogP contribution in [-0.2, 0) is 0 Å². The first-order chi connectivity index (χ1) is 7.79. The summed E-state index contributed by atoms with van der Waals surface area (Å²) < 4.78 is 1.11. The maximum Gasteiger partial charge on any atom is 0.0475 e. The fourth-order valence-electron chi connectivity index (χ4n) is 1.42. The van der Waals surface area contributed by atoms with E-state index in [4.69, 9.17) is 5.73 Å². The summed E-state index contributed by atoms with van der Waals surface area (Å²) in [6.07, 6.45) is 0. The maximum absolute atomic E-state index is 5.82. The van der Waals surface area contributed by atoms with Gasteiger partial charge in [-0.2, -0.15) is 11.3 Å². The molecule has 1 heterocycles. The first kappa shape index (κ1) is 12.2. The minimum absolute atomic E-state index is 0.348. The molecule has 1 aromatic carbocycles. The number of thiophene rings is 1. The highest BCUT2D eigenvalue weighted by Gasteiger charge is 2.11. The number of hydrogen-bond acceptors (Lipinski definition) is 3. The molecule has 0 fully saturated rings. The summed E-state index contributed by atoms with van der Waals surface area (Å²) >= 11 is 7.01. The van der Waals surface area contributed by atoms with Gasteiger partial charge in [-0.1, -0.05) is 22.0 Å². The van der Waals surface area contributed by atoms with Crippen LogP contribution < -0.4 is 5.73 Å². The van der Waals surface area contributed by atoms with Crippen LogP contribution in [0.3, 0.4) is 0 Å². The molecule has 1 nitrogen and oxygen atoms in total. The number of hydrogen-bond donors (Lipinski definition) is 1. The van der Waals surface area contributed by atoms with E-state index in [0.717, 1.165) is 4.47 Å². The summed E-state index contributed by atoms with van der Waals surface area (Å²) in [5.74, 6) is 0. The highest BCUT2D eigenvalue weighted by molar-refractivity contribution is 9.10. The van der Waals surface area contributed by atoms with Crippen molar-refractivity contribution in [1.82, 2.24) is 0 Å². The van der Waals surface area contributed by atoms with Crippen molar-refractivity contribution in [1.29, 1.82) is 0 Å². The van der Waals surface area contributed by atoms with Gasteiger partial charge >= 0.3 is 0 Å². The predicted octanol–water partition coefficient (Wildman–Crippen LogP) is 4.30. The van der Waals surface area contributed by atoms with Crippen molar-refractivity contribution < 1.29 is 0 Å². The van der Waals surface area contributed by atoms with Crippen LogP contribution in [0.15, 0.2) is 50.5 Å². The summed E-state index contributed by atoms with van der Waals surface area (Å²) in [4.78, 5) is 1.25. The molecule has 1 unspecified atom stereocenters. The zero-order valence-corrected chi connectivity index (χ0v) is 11.8. The first-order valence-electron chi connectivity index (χ1n) is 4.94. The van der Waals surface area contributed by atoms with Crippen LogP contribution >= 0.6 is 39.0 Å². The lowest BCUT2D eigenvalue weighted by Gasteiger charge is -2.13. The van der Waals surface area contributed by atoms with Crippen molar-refractivity contribution in [3.05, 3.63) is 51.1 Å². The molecule has 0 saturated carbocycles. The van der Waals surface area contributed by atoms with E-state index in [1.54, 1.807) is 11.3 Å². The predicted molar refractivity (Wildman–Crippen MR) is 76.1 cm³/mol. The van der Waals surface area contributed by atoms with Crippen LogP contribution in [0, 0.1) is 0 Å². The van der Waals surface area contributed by atoms with E-state index in [0.29, 0.717) is 11.8 Å². The quantitative estimate of drug-likeness (QED) is 0.851. The topological polar surface area (TPSA) is 26.0 Å². The molecule has 0 aliphatic rings. The van der Waals surface area contributed by atoms with Crippen molar-refractivity contribution in [2.24, 2.45) is 5.73 Å². The van der Waals surface area contributed by atoms with Gasteiger partial charge in [-0.25, -0.2) is 0 Å². The van der Waals surface area contributed by atoms with E-state index < -0.39 is 0 Å². The van der Waals surface area contributed by atoms with Gasteiger partial charge in [0.2, 0.25) is 0 Å². The van der Waals surface area contributed by atoms with Gasteiger partial charge in [0.05, 0.1) is 0 Å². The Morgan fingerprint density at radius 2 is 2.25 bits per heavy atom. The molecule has 16 heavy (non-hydrogen) atoms. The van der Waals surface area contributed by atoms with Gasteiger partial charge in [0.25, 0.3) is 0 Å². The molecule has 1 atom stereocenters. The SMILES string of the molecule is NCC(Sc1cccc(Br)c1)c1ccsc1. The van der Waals surface area contributed by atoms with Gasteiger partial charge in [0.1, 0.15) is 0 Å². The Hall–Kier alpha value is -0.290. The van der Waals surface area contributed by atoms with Crippen molar-refractivity contribution in [3.8, 4) is 0 Å². The standard InChI is InChI=1S/C12H12BrNS2/c13-10-2-1-3-11(6-10)16-12(7-14)9-4-5-15-8-9/h1-6,8,12H,7,14H2. The lowest BCUT2D eigenvalue weighted by Crippen LogP contribution is -2.08. The summed E-state index contributed by atoms with van der Waals surface area (Å²) in [6, 6.07) is 10.5. The highest BCUT2D eigenvalue weighted by Crippen LogP contribution is 2.36. The van der Waals surface area contributed by atoms with E-state index in [-0.39, 0.29) is 0 Å². The molecule has 0 aliphatic carbocycles. The largest absolute Gasteiger partial charge is 0.329 e. The second kappa shape index (κ2) is 5.87. The second-order valence-corrected chi connectivity index (χ2v) is 6.33. The van der Waals surface area contributed by atoms with E-state index >= 15 is 0 Å². The first-order valence-corrected chi connectivity index (χ1v) is 7.55. The Morgan fingerprint density at radius 3 is 2.88 bits per heavy atom. The van der Waals surface area contributed by atoms with E-state index in [2.05, 4.69) is 44.9 Å². The minimum Gasteiger partial charge on any atom is -0.329 e. The molecule has 0 bridgehead atoms. The third-order valence-electron chi connectivity index (χ3n) is 2.20. The lowest BCUT2D eigenvalue weighted by molar-refractivity contribution is 0.946. The zero-order chi connectivity index (χ0) is 11.4. The number of nitrogens with two attached hydrogens (primary N) is 1. The molecular formula is C12H12BrNS2. The summed E-state index contributed by atoms with van der Waals surface area (Å²) in [5, 5.41) is 4.61. The fraction of sp³-hybridized carbons (Fsp3) is 0.167. The second-order valence-electron chi connectivity index (χ2n) is 3.36. The fourth-order valence-corrected chi connectivity index (χ4v) is 3.83. The zero-order valence-electron chi connectivity index (χ0n) is 8.60. The maximum atomic E-state index is 5.82. The van der Waals surface area contributed by atoms with Gasteiger partial charge < -0.3 is 5.73 Å². The van der Waals surface area contributed by atoms with E-state index in [1.165, 1.54) is 10.5 Å². The van der Waals surface area contributed by atoms with Crippen molar-refractivity contribution >= 4 is 39.0 Å². The Bertz CT molecular complexity index is 442. The normalized spacial score (nSPS) is 12.6. The molecule has 2 rings (SSSR count). The number of halogens is 1. The van der Waals surface area contributed by atoms with Crippen molar-refractivity contribution in [2.75, 3.05) is 6.54 Å². The van der Waals surface area contributed by atoms with Crippen molar-refractivity contribution in [2.45, 2.75) is 10.1 Å². The monoisotopic (exact) mass is 313 g/mol.